The van der Waals surface area contributed by atoms with Crippen molar-refractivity contribution in [3.05, 3.63) is 65.2 Å². The lowest BCUT2D eigenvalue weighted by molar-refractivity contribution is -0.116. The fraction of sp³-hybridized carbons (Fsp3) is 0.318. The molecule has 0 radical (unpaired) electrons. The van der Waals surface area contributed by atoms with Crippen molar-refractivity contribution in [2.24, 2.45) is 0 Å². The van der Waals surface area contributed by atoms with E-state index in [2.05, 4.69) is 5.32 Å². The first-order valence-corrected chi connectivity index (χ1v) is 9.32. The zero-order chi connectivity index (χ0) is 19.2. The molecule has 0 aromatic heterocycles. The predicted molar refractivity (Wildman–Crippen MR) is 105 cm³/mol. The van der Waals surface area contributed by atoms with Crippen LogP contribution in [0.3, 0.4) is 0 Å². The topological polar surface area (TPSA) is 66.5 Å². The molecular formula is C22H24N2O3. The van der Waals surface area contributed by atoms with E-state index in [1.54, 1.807) is 30.3 Å². The highest BCUT2D eigenvalue weighted by molar-refractivity contribution is 6.01. The molecular weight excluding hydrogens is 340 g/mol. The molecule has 0 aliphatic carbocycles. The van der Waals surface area contributed by atoms with Crippen LogP contribution in [0.2, 0.25) is 0 Å². The standard InChI is InChI=1S/C22H24N2O3/c1-16-7-2-3-10-19(16)20(25)11-12-21(26)23-18-9-6-8-17(15-18)22(27)24-13-4-5-14-24/h2-3,6-10,15H,4-5,11-14H2,1H3,(H,23,26). The summed E-state index contributed by atoms with van der Waals surface area (Å²) >= 11 is 0. The van der Waals surface area contributed by atoms with Crippen molar-refractivity contribution in [3.63, 3.8) is 0 Å². The van der Waals surface area contributed by atoms with E-state index in [1.807, 2.05) is 30.0 Å². The number of nitrogens with one attached hydrogen (secondary N) is 1. The van der Waals surface area contributed by atoms with E-state index < -0.39 is 0 Å². The largest absolute Gasteiger partial charge is 0.339 e. The summed E-state index contributed by atoms with van der Waals surface area (Å²) in [7, 11) is 0. The van der Waals surface area contributed by atoms with Crippen molar-refractivity contribution in [1.29, 1.82) is 0 Å². The average Bonchev–Trinajstić information content (AvgIpc) is 3.21. The lowest BCUT2D eigenvalue weighted by Crippen LogP contribution is -2.27. The SMILES string of the molecule is Cc1ccccc1C(=O)CCC(=O)Nc1cccc(C(=O)N2CCCC2)c1. The van der Waals surface area contributed by atoms with Gasteiger partial charge in [0, 0.05) is 42.7 Å². The Balaban J connectivity index is 1.56. The quantitative estimate of drug-likeness (QED) is 0.792. The smallest absolute Gasteiger partial charge is 0.253 e. The summed E-state index contributed by atoms with van der Waals surface area (Å²) in [5.74, 6) is -0.276. The fourth-order valence-electron chi connectivity index (χ4n) is 3.30. The van der Waals surface area contributed by atoms with Gasteiger partial charge in [0.15, 0.2) is 5.78 Å². The van der Waals surface area contributed by atoms with Crippen molar-refractivity contribution in [2.75, 3.05) is 18.4 Å². The minimum Gasteiger partial charge on any atom is -0.339 e. The maximum absolute atomic E-state index is 12.5. The minimum absolute atomic E-state index is 0.00155. The normalized spacial score (nSPS) is 13.4. The van der Waals surface area contributed by atoms with Crippen LogP contribution < -0.4 is 5.32 Å². The Morgan fingerprint density at radius 3 is 2.44 bits per heavy atom. The van der Waals surface area contributed by atoms with Gasteiger partial charge >= 0.3 is 0 Å². The first-order chi connectivity index (χ1) is 13.0. The molecule has 1 fully saturated rings. The zero-order valence-electron chi connectivity index (χ0n) is 15.5. The van der Waals surface area contributed by atoms with E-state index in [0.717, 1.165) is 31.5 Å². The molecule has 2 aromatic rings. The number of carbonyl (C=O) groups excluding carboxylic acids is 3. The van der Waals surface area contributed by atoms with Crippen LogP contribution in [0.5, 0.6) is 0 Å². The molecule has 0 saturated carbocycles. The number of amides is 2. The molecule has 0 atom stereocenters. The van der Waals surface area contributed by atoms with Crippen LogP contribution in [0, 0.1) is 6.92 Å². The van der Waals surface area contributed by atoms with E-state index >= 15 is 0 Å². The van der Waals surface area contributed by atoms with Gasteiger partial charge in [-0.25, -0.2) is 0 Å². The van der Waals surface area contributed by atoms with Crippen molar-refractivity contribution in [2.45, 2.75) is 32.6 Å². The van der Waals surface area contributed by atoms with Gasteiger partial charge < -0.3 is 10.2 Å². The molecule has 1 heterocycles. The summed E-state index contributed by atoms with van der Waals surface area (Å²) in [4.78, 5) is 38.8. The van der Waals surface area contributed by atoms with E-state index in [9.17, 15) is 14.4 Å². The van der Waals surface area contributed by atoms with Crippen LogP contribution in [-0.2, 0) is 4.79 Å². The van der Waals surface area contributed by atoms with Gasteiger partial charge in [-0.3, -0.25) is 14.4 Å². The third-order valence-corrected chi connectivity index (χ3v) is 4.81. The average molecular weight is 364 g/mol. The molecule has 2 aromatic carbocycles. The number of benzene rings is 2. The molecule has 140 valence electrons. The second-order valence-electron chi connectivity index (χ2n) is 6.87. The maximum atomic E-state index is 12.5. The Labute approximate surface area is 159 Å². The summed E-state index contributed by atoms with van der Waals surface area (Å²) in [5.41, 5.74) is 2.72. The van der Waals surface area contributed by atoms with Crippen LogP contribution >= 0.6 is 0 Å². The number of carbonyl (C=O) groups is 3. The first kappa shape index (κ1) is 18.8. The molecule has 5 nitrogen and oxygen atoms in total. The van der Waals surface area contributed by atoms with Gasteiger partial charge in [-0.15, -0.1) is 0 Å². The summed E-state index contributed by atoms with van der Waals surface area (Å²) in [5, 5.41) is 2.79. The van der Waals surface area contributed by atoms with Gasteiger partial charge in [-0.05, 0) is 43.5 Å². The first-order valence-electron chi connectivity index (χ1n) is 9.32. The van der Waals surface area contributed by atoms with Gasteiger partial charge in [0.25, 0.3) is 5.91 Å². The second kappa shape index (κ2) is 8.62. The third-order valence-electron chi connectivity index (χ3n) is 4.81. The molecule has 1 saturated heterocycles. The van der Waals surface area contributed by atoms with E-state index in [0.29, 0.717) is 16.8 Å². The van der Waals surface area contributed by atoms with Crippen molar-refractivity contribution < 1.29 is 14.4 Å². The molecule has 0 unspecified atom stereocenters. The fourth-order valence-corrected chi connectivity index (χ4v) is 3.30. The Morgan fingerprint density at radius 2 is 1.70 bits per heavy atom. The van der Waals surface area contributed by atoms with E-state index in [1.165, 1.54) is 0 Å². The number of aryl methyl sites for hydroxylation is 1. The lowest BCUT2D eigenvalue weighted by atomic mass is 10.0. The van der Waals surface area contributed by atoms with Crippen molar-refractivity contribution >= 4 is 23.3 Å². The van der Waals surface area contributed by atoms with Gasteiger partial charge in [-0.1, -0.05) is 30.3 Å². The summed E-state index contributed by atoms with van der Waals surface area (Å²) in [6.07, 6.45) is 2.34. The molecule has 0 bridgehead atoms. The van der Waals surface area contributed by atoms with Crippen molar-refractivity contribution in [1.82, 2.24) is 4.90 Å². The molecule has 3 rings (SSSR count). The van der Waals surface area contributed by atoms with Gasteiger partial charge in [0.05, 0.1) is 0 Å². The molecule has 1 aliphatic rings. The third kappa shape index (κ3) is 4.82. The Kier molecular flexibility index (Phi) is 6.01. The molecule has 0 spiro atoms. The highest BCUT2D eigenvalue weighted by Crippen LogP contribution is 2.17. The Bertz CT molecular complexity index is 854. The highest BCUT2D eigenvalue weighted by Gasteiger charge is 2.19. The minimum atomic E-state index is -0.234. The number of hydrogen-bond acceptors (Lipinski definition) is 3. The molecule has 27 heavy (non-hydrogen) atoms. The maximum Gasteiger partial charge on any atom is 0.253 e. The molecule has 1 aliphatic heterocycles. The number of nitrogens with zero attached hydrogens (tertiary/aromatic N) is 1. The summed E-state index contributed by atoms with van der Waals surface area (Å²) in [6, 6.07) is 14.3. The van der Waals surface area contributed by atoms with Crippen LogP contribution in [0.1, 0.15) is 52.0 Å². The number of Topliss-reactive ketones (excluding diaryl/α,β-unsaturated/α-hetero) is 1. The van der Waals surface area contributed by atoms with Crippen molar-refractivity contribution in [3.8, 4) is 0 Å². The van der Waals surface area contributed by atoms with Crippen LogP contribution in [0.15, 0.2) is 48.5 Å². The summed E-state index contributed by atoms with van der Waals surface area (Å²) in [6.45, 7) is 3.46. The Morgan fingerprint density at radius 1 is 0.963 bits per heavy atom. The predicted octanol–water partition coefficient (Wildman–Crippen LogP) is 3.83. The number of ketones is 1. The van der Waals surface area contributed by atoms with E-state index in [4.69, 9.17) is 0 Å². The number of hydrogen-bond donors (Lipinski definition) is 1. The van der Waals surface area contributed by atoms with Crippen LogP contribution in [0.25, 0.3) is 0 Å². The van der Waals surface area contributed by atoms with Gasteiger partial charge in [-0.2, -0.15) is 0 Å². The lowest BCUT2D eigenvalue weighted by Gasteiger charge is -2.15. The zero-order valence-corrected chi connectivity index (χ0v) is 15.5. The molecule has 1 N–H and O–H groups in total. The number of anilines is 1. The number of likely N-dealkylation sites (tertiary alicyclic amines) is 1. The Hall–Kier alpha value is -2.95. The summed E-state index contributed by atoms with van der Waals surface area (Å²) < 4.78 is 0. The van der Waals surface area contributed by atoms with Gasteiger partial charge in [0.1, 0.15) is 0 Å². The number of rotatable bonds is 6. The molecule has 2 amide bonds. The van der Waals surface area contributed by atoms with Gasteiger partial charge in [0.2, 0.25) is 5.91 Å². The monoisotopic (exact) mass is 364 g/mol. The highest BCUT2D eigenvalue weighted by atomic mass is 16.2. The van der Waals surface area contributed by atoms with E-state index in [-0.39, 0.29) is 30.4 Å². The second-order valence-corrected chi connectivity index (χ2v) is 6.87. The van der Waals surface area contributed by atoms with Crippen LogP contribution in [0.4, 0.5) is 5.69 Å². The van der Waals surface area contributed by atoms with Crippen LogP contribution in [-0.4, -0.2) is 35.6 Å². The molecule has 5 heteroatoms.